The molecule has 1 rings (SSSR count). The lowest BCUT2D eigenvalue weighted by atomic mass is 9.96. The first-order valence-corrected chi connectivity index (χ1v) is 4.39. The van der Waals surface area contributed by atoms with Gasteiger partial charge < -0.3 is 4.74 Å². The second-order valence-electron chi connectivity index (χ2n) is 3.08. The molecule has 2 nitrogen and oxygen atoms in total. The van der Waals surface area contributed by atoms with Gasteiger partial charge in [-0.25, -0.2) is 0 Å². The van der Waals surface area contributed by atoms with Gasteiger partial charge in [0.25, 0.3) is 0 Å². The van der Waals surface area contributed by atoms with Gasteiger partial charge in [0.05, 0.1) is 24.7 Å². The molecule has 0 aromatic carbocycles. The third-order valence-electron chi connectivity index (χ3n) is 2.21. The van der Waals surface area contributed by atoms with Gasteiger partial charge in [0.15, 0.2) is 0 Å². The normalized spacial score (nSPS) is 20.4. The molecule has 1 fully saturated rings. The Morgan fingerprint density at radius 3 is 2.73 bits per heavy atom. The van der Waals surface area contributed by atoms with Crippen LogP contribution >= 0.6 is 0 Å². The topological polar surface area (TPSA) is 33.0 Å². The smallest absolute Gasteiger partial charge is 0.0706 e. The van der Waals surface area contributed by atoms with E-state index in [2.05, 4.69) is 13.0 Å². The van der Waals surface area contributed by atoms with Crippen LogP contribution in [0.1, 0.15) is 39.0 Å². The van der Waals surface area contributed by atoms with Crippen LogP contribution in [0.2, 0.25) is 0 Å². The molecule has 62 valence electrons. The van der Waals surface area contributed by atoms with Gasteiger partial charge in [0, 0.05) is 0 Å². The van der Waals surface area contributed by atoms with Gasteiger partial charge in [-0.2, -0.15) is 5.26 Å². The highest BCUT2D eigenvalue weighted by Crippen LogP contribution is 2.24. The highest BCUT2D eigenvalue weighted by molar-refractivity contribution is 4.78. The van der Waals surface area contributed by atoms with Crippen LogP contribution in [-0.4, -0.2) is 12.2 Å². The van der Waals surface area contributed by atoms with Crippen molar-refractivity contribution in [3.63, 3.8) is 0 Å². The van der Waals surface area contributed by atoms with Crippen LogP contribution < -0.4 is 0 Å². The van der Waals surface area contributed by atoms with E-state index in [-0.39, 0.29) is 6.10 Å². The maximum Gasteiger partial charge on any atom is 0.0706 e. The predicted molar refractivity (Wildman–Crippen MR) is 43.0 cm³/mol. The fourth-order valence-electron chi connectivity index (χ4n) is 1.17. The molecule has 0 saturated heterocycles. The van der Waals surface area contributed by atoms with Crippen molar-refractivity contribution in [1.82, 2.24) is 0 Å². The SMILES string of the molecule is CCC(CC#N)OC1CCC1. The number of rotatable bonds is 4. The zero-order valence-electron chi connectivity index (χ0n) is 7.05. The maximum atomic E-state index is 8.44. The molecule has 0 heterocycles. The van der Waals surface area contributed by atoms with E-state index in [1.807, 2.05) is 0 Å². The molecule has 0 amide bonds. The third-order valence-corrected chi connectivity index (χ3v) is 2.21. The average molecular weight is 153 g/mol. The van der Waals surface area contributed by atoms with Crippen molar-refractivity contribution in [2.24, 2.45) is 0 Å². The number of hydrogen-bond donors (Lipinski definition) is 0. The molecule has 0 aliphatic heterocycles. The van der Waals surface area contributed by atoms with Gasteiger partial charge in [-0.1, -0.05) is 6.92 Å². The molecule has 1 atom stereocenters. The monoisotopic (exact) mass is 153 g/mol. The zero-order valence-corrected chi connectivity index (χ0v) is 7.05. The first kappa shape index (κ1) is 8.55. The lowest BCUT2D eigenvalue weighted by Gasteiger charge is -2.29. The Hall–Kier alpha value is -0.550. The predicted octanol–water partition coefficient (Wildman–Crippen LogP) is 2.25. The van der Waals surface area contributed by atoms with E-state index < -0.39 is 0 Å². The minimum atomic E-state index is 0.185. The molecule has 0 aromatic rings. The molecule has 0 radical (unpaired) electrons. The molecule has 0 bridgehead atoms. The number of nitriles is 1. The van der Waals surface area contributed by atoms with Crippen LogP contribution in [0, 0.1) is 11.3 Å². The van der Waals surface area contributed by atoms with E-state index in [0.717, 1.165) is 6.42 Å². The Morgan fingerprint density at radius 1 is 1.64 bits per heavy atom. The summed E-state index contributed by atoms with van der Waals surface area (Å²) in [6.45, 7) is 2.07. The molecule has 11 heavy (non-hydrogen) atoms. The second-order valence-corrected chi connectivity index (χ2v) is 3.08. The van der Waals surface area contributed by atoms with Gasteiger partial charge in [-0.05, 0) is 25.7 Å². The van der Waals surface area contributed by atoms with E-state index in [9.17, 15) is 0 Å². The van der Waals surface area contributed by atoms with Gasteiger partial charge >= 0.3 is 0 Å². The van der Waals surface area contributed by atoms with Crippen LogP contribution in [0.3, 0.4) is 0 Å². The van der Waals surface area contributed by atoms with Crippen molar-refractivity contribution in [2.75, 3.05) is 0 Å². The fraction of sp³-hybridized carbons (Fsp3) is 0.889. The average Bonchev–Trinajstić information content (AvgIpc) is 1.94. The highest BCUT2D eigenvalue weighted by Gasteiger charge is 2.21. The van der Waals surface area contributed by atoms with Crippen LogP contribution in [-0.2, 0) is 4.74 Å². The van der Waals surface area contributed by atoms with Crippen molar-refractivity contribution in [3.05, 3.63) is 0 Å². The van der Waals surface area contributed by atoms with Gasteiger partial charge in [0.2, 0.25) is 0 Å². The Balaban J connectivity index is 2.14. The molecule has 1 unspecified atom stereocenters. The number of ether oxygens (including phenoxy) is 1. The van der Waals surface area contributed by atoms with Crippen LogP contribution in [0.15, 0.2) is 0 Å². The highest BCUT2D eigenvalue weighted by atomic mass is 16.5. The lowest BCUT2D eigenvalue weighted by molar-refractivity contribution is -0.0500. The molecule has 1 aliphatic rings. The second kappa shape index (κ2) is 4.35. The molecule has 0 aromatic heterocycles. The lowest BCUT2D eigenvalue weighted by Crippen LogP contribution is -2.27. The summed E-state index contributed by atoms with van der Waals surface area (Å²) in [7, 11) is 0. The van der Waals surface area contributed by atoms with Crippen molar-refractivity contribution in [2.45, 2.75) is 51.2 Å². The quantitative estimate of drug-likeness (QED) is 0.620. The summed E-state index contributed by atoms with van der Waals surface area (Å²) < 4.78 is 5.65. The van der Waals surface area contributed by atoms with E-state index in [4.69, 9.17) is 10.00 Å². The summed E-state index contributed by atoms with van der Waals surface area (Å²) in [6.07, 6.45) is 5.85. The van der Waals surface area contributed by atoms with E-state index in [1.54, 1.807) is 0 Å². The zero-order chi connectivity index (χ0) is 8.10. The van der Waals surface area contributed by atoms with Gasteiger partial charge in [0.1, 0.15) is 0 Å². The van der Waals surface area contributed by atoms with Gasteiger partial charge in [-0.3, -0.25) is 0 Å². The molecular weight excluding hydrogens is 138 g/mol. The summed E-state index contributed by atoms with van der Waals surface area (Å²) in [5.41, 5.74) is 0. The van der Waals surface area contributed by atoms with Crippen molar-refractivity contribution < 1.29 is 4.74 Å². The van der Waals surface area contributed by atoms with Gasteiger partial charge in [-0.15, -0.1) is 0 Å². The molecule has 0 spiro atoms. The Bertz CT molecular complexity index is 146. The van der Waals surface area contributed by atoms with Crippen LogP contribution in [0.5, 0.6) is 0 Å². The summed E-state index contributed by atoms with van der Waals surface area (Å²) in [5, 5.41) is 8.44. The fourth-order valence-corrected chi connectivity index (χ4v) is 1.17. The van der Waals surface area contributed by atoms with E-state index in [0.29, 0.717) is 12.5 Å². The van der Waals surface area contributed by atoms with Crippen molar-refractivity contribution in [3.8, 4) is 6.07 Å². The minimum absolute atomic E-state index is 0.185. The number of nitrogens with zero attached hydrogens (tertiary/aromatic N) is 1. The Kier molecular flexibility index (Phi) is 3.38. The first-order chi connectivity index (χ1) is 5.36. The summed E-state index contributed by atoms with van der Waals surface area (Å²) in [6, 6.07) is 2.15. The Labute approximate surface area is 68.2 Å². The largest absolute Gasteiger partial charge is 0.374 e. The molecule has 0 N–H and O–H groups in total. The van der Waals surface area contributed by atoms with Crippen molar-refractivity contribution in [1.29, 1.82) is 5.26 Å². The van der Waals surface area contributed by atoms with Crippen LogP contribution in [0.25, 0.3) is 0 Å². The summed E-state index contributed by atoms with van der Waals surface area (Å²) in [5.74, 6) is 0. The standard InChI is InChI=1S/C9H15NO/c1-2-8(6-7-10)11-9-4-3-5-9/h8-9H,2-6H2,1H3. The molecule has 1 aliphatic carbocycles. The minimum Gasteiger partial charge on any atom is -0.374 e. The molecule has 1 saturated carbocycles. The first-order valence-electron chi connectivity index (χ1n) is 4.39. The third kappa shape index (κ3) is 2.51. The molecular formula is C9H15NO. The summed E-state index contributed by atoms with van der Waals surface area (Å²) >= 11 is 0. The number of hydrogen-bond acceptors (Lipinski definition) is 2. The summed E-state index contributed by atoms with van der Waals surface area (Å²) in [4.78, 5) is 0. The van der Waals surface area contributed by atoms with Crippen molar-refractivity contribution >= 4 is 0 Å². The van der Waals surface area contributed by atoms with Crippen LogP contribution in [0.4, 0.5) is 0 Å². The Morgan fingerprint density at radius 2 is 2.36 bits per heavy atom. The molecule has 2 heteroatoms. The van der Waals surface area contributed by atoms with E-state index in [1.165, 1.54) is 19.3 Å². The van der Waals surface area contributed by atoms with E-state index >= 15 is 0 Å². The maximum absolute atomic E-state index is 8.44.